The Morgan fingerprint density at radius 2 is 1.28 bits per heavy atom. The number of anilines is 4. The molecule has 0 aliphatic rings. The van der Waals surface area contributed by atoms with Gasteiger partial charge in [0.15, 0.2) is 5.75 Å². The number of fused-ring (bicyclic) bond motifs is 2. The van der Waals surface area contributed by atoms with Gasteiger partial charge < -0.3 is 20.8 Å². The number of aromatic nitrogens is 3. The summed E-state index contributed by atoms with van der Waals surface area (Å²) in [6.45, 7) is 0. The standard InChI is InChI=1S/C30H20ClN7O15S4.Na/c31-28-34-29(32-19-8-6-15(54(42,43)44)11-18(19)27(40)41)36-30(35-28)33-21-12-16(55(45,46)47)9-14-10-22(56(48,49)50)24(25(39)23(14)21)38-37-20-7-5-13-3-1-2-4-17(13)26(20)57(51,52)53;/h1-12,39H,(H,40,41)(H,42,43,44)(H,45,46,47)(H,48,49,50)(H,51,52,53)(H2,32,33,34,35,36);/q;+1. The molecule has 8 N–H and O–H groups in total. The molecule has 5 aromatic carbocycles. The minimum Gasteiger partial charge on any atom is -0.505 e. The molecule has 296 valence electrons. The Labute approximate surface area is 353 Å². The molecule has 6 rings (SSSR count). The van der Waals surface area contributed by atoms with Crippen LogP contribution in [0.2, 0.25) is 5.28 Å². The van der Waals surface area contributed by atoms with Crippen molar-refractivity contribution in [3.05, 3.63) is 83.6 Å². The summed E-state index contributed by atoms with van der Waals surface area (Å²) < 4.78 is 137. The van der Waals surface area contributed by atoms with E-state index in [0.29, 0.717) is 29.7 Å². The van der Waals surface area contributed by atoms with Crippen molar-refractivity contribution in [1.29, 1.82) is 0 Å². The van der Waals surface area contributed by atoms with E-state index in [4.69, 9.17) is 11.6 Å². The number of azo groups is 1. The minimum absolute atomic E-state index is 0. The second kappa shape index (κ2) is 16.0. The molecule has 0 saturated heterocycles. The maximum Gasteiger partial charge on any atom is 1.00 e. The molecule has 1 aromatic heterocycles. The van der Waals surface area contributed by atoms with Gasteiger partial charge in [-0.3, -0.25) is 18.2 Å². The summed E-state index contributed by atoms with van der Waals surface area (Å²) in [6, 6.07) is 12.8. The van der Waals surface area contributed by atoms with Crippen LogP contribution in [-0.2, 0) is 40.5 Å². The van der Waals surface area contributed by atoms with E-state index in [1.807, 2.05) is 0 Å². The Hall–Kier alpha value is -4.97. The number of nitrogens with zero attached hydrogens (tertiary/aromatic N) is 5. The van der Waals surface area contributed by atoms with Crippen LogP contribution >= 0.6 is 11.6 Å². The second-order valence-electron chi connectivity index (χ2n) is 11.4. The molecular formula is C30H20ClN7NaO15S4+. The fourth-order valence-electron chi connectivity index (χ4n) is 5.36. The molecule has 6 aromatic rings. The molecule has 1 heterocycles. The van der Waals surface area contributed by atoms with Crippen molar-refractivity contribution >= 4 is 114 Å². The maximum atomic E-state index is 12.6. The third-order valence-electron chi connectivity index (χ3n) is 7.69. The summed E-state index contributed by atoms with van der Waals surface area (Å²) in [5.41, 5.74) is -3.12. The van der Waals surface area contributed by atoms with E-state index in [1.165, 1.54) is 24.3 Å². The van der Waals surface area contributed by atoms with Gasteiger partial charge in [-0.2, -0.15) is 48.6 Å². The van der Waals surface area contributed by atoms with Crippen molar-refractivity contribution in [2.75, 3.05) is 10.6 Å². The van der Waals surface area contributed by atoms with Crippen molar-refractivity contribution in [1.82, 2.24) is 15.0 Å². The number of nitrogens with one attached hydrogen (secondary N) is 2. The number of hydrogen-bond acceptors (Lipinski definition) is 17. The number of benzene rings is 5. The van der Waals surface area contributed by atoms with Crippen molar-refractivity contribution < 1.29 is 96.4 Å². The molecule has 0 atom stereocenters. The predicted octanol–water partition coefficient (Wildman–Crippen LogP) is 2.13. The van der Waals surface area contributed by atoms with Crippen LogP contribution in [0.25, 0.3) is 21.5 Å². The Morgan fingerprint density at radius 3 is 1.86 bits per heavy atom. The summed E-state index contributed by atoms with van der Waals surface area (Å²) in [6.07, 6.45) is 0. The number of phenols is 1. The van der Waals surface area contributed by atoms with Gasteiger partial charge in [0.2, 0.25) is 17.2 Å². The fourth-order valence-corrected chi connectivity index (χ4v) is 8.06. The molecule has 28 heteroatoms. The molecule has 22 nitrogen and oxygen atoms in total. The van der Waals surface area contributed by atoms with Gasteiger partial charge in [-0.15, -0.1) is 10.2 Å². The number of carboxylic acids is 1. The van der Waals surface area contributed by atoms with E-state index in [1.54, 1.807) is 6.07 Å². The quantitative estimate of drug-likeness (QED) is 0.0524. The normalized spacial score (nSPS) is 12.4. The van der Waals surface area contributed by atoms with Crippen LogP contribution < -0.4 is 40.2 Å². The van der Waals surface area contributed by atoms with Gasteiger partial charge in [-0.25, -0.2) is 4.79 Å². The zero-order valence-corrected chi connectivity index (χ0v) is 34.6. The molecule has 0 aliphatic heterocycles. The number of carbonyl (C=O) groups is 1. The molecular weight excluding hydrogens is 885 g/mol. The first kappa shape index (κ1) is 44.1. The number of aromatic carboxylic acids is 1. The Balaban J connectivity index is 0.00000641. The average molecular weight is 905 g/mol. The van der Waals surface area contributed by atoms with Crippen molar-refractivity contribution in [2.24, 2.45) is 10.2 Å². The van der Waals surface area contributed by atoms with Crippen LogP contribution in [0.15, 0.2) is 103 Å². The average Bonchev–Trinajstić information content (AvgIpc) is 3.08. The zero-order valence-electron chi connectivity index (χ0n) is 28.5. The molecule has 0 amide bonds. The van der Waals surface area contributed by atoms with Crippen LogP contribution in [-0.4, -0.2) is 83.0 Å². The van der Waals surface area contributed by atoms with E-state index >= 15 is 0 Å². The zero-order chi connectivity index (χ0) is 41.8. The summed E-state index contributed by atoms with van der Waals surface area (Å²) in [5, 5.41) is 32.3. The molecule has 0 bridgehead atoms. The van der Waals surface area contributed by atoms with E-state index in [9.17, 15) is 66.9 Å². The molecule has 0 saturated carbocycles. The van der Waals surface area contributed by atoms with Gasteiger partial charge in [0.25, 0.3) is 40.5 Å². The first-order chi connectivity index (χ1) is 26.4. The van der Waals surface area contributed by atoms with E-state index in [2.05, 4.69) is 35.8 Å². The van der Waals surface area contributed by atoms with Gasteiger partial charge in [0.05, 0.1) is 26.7 Å². The Bertz CT molecular complexity index is 3210. The third kappa shape index (κ3) is 9.33. The van der Waals surface area contributed by atoms with Gasteiger partial charge in [-0.1, -0.05) is 30.3 Å². The Morgan fingerprint density at radius 1 is 0.655 bits per heavy atom. The number of aromatic hydroxyl groups is 1. The van der Waals surface area contributed by atoms with Crippen molar-refractivity contribution in [3.8, 4) is 5.75 Å². The largest absolute Gasteiger partial charge is 1.00 e. The topological polar surface area (TPSA) is 362 Å². The third-order valence-corrected chi connectivity index (χ3v) is 11.4. The van der Waals surface area contributed by atoms with Gasteiger partial charge in [0, 0.05) is 10.8 Å². The van der Waals surface area contributed by atoms with E-state index in [-0.39, 0.29) is 40.6 Å². The smallest absolute Gasteiger partial charge is 0.505 e. The monoisotopic (exact) mass is 904 g/mol. The van der Waals surface area contributed by atoms with E-state index < -0.39 is 122 Å². The molecule has 0 radical (unpaired) electrons. The van der Waals surface area contributed by atoms with Gasteiger partial charge in [-0.05, 0) is 64.8 Å². The SMILES string of the molecule is O=C(O)c1cc(S(=O)(=O)O)ccc1Nc1nc(Cl)nc(Nc2cc(S(=O)(=O)O)cc3cc(S(=O)(=O)O)c(N=Nc4ccc5ccccc5c4S(=O)(=O)O)c(O)c23)n1.[Na+]. The molecule has 0 aliphatic carbocycles. The van der Waals surface area contributed by atoms with Gasteiger partial charge >= 0.3 is 35.5 Å². The predicted molar refractivity (Wildman–Crippen MR) is 198 cm³/mol. The van der Waals surface area contributed by atoms with Crippen molar-refractivity contribution in [2.45, 2.75) is 19.6 Å². The second-order valence-corrected chi connectivity index (χ2v) is 17.3. The van der Waals surface area contributed by atoms with Crippen LogP contribution in [0.3, 0.4) is 0 Å². The first-order valence-electron chi connectivity index (χ1n) is 14.9. The first-order valence-corrected chi connectivity index (χ1v) is 21.1. The van der Waals surface area contributed by atoms with Crippen LogP contribution in [0, 0.1) is 0 Å². The molecule has 0 spiro atoms. The van der Waals surface area contributed by atoms with Crippen LogP contribution in [0.1, 0.15) is 10.4 Å². The summed E-state index contributed by atoms with van der Waals surface area (Å²) >= 11 is 6.06. The number of phenolic OH excluding ortho intramolecular Hbond substituents is 1. The molecule has 58 heavy (non-hydrogen) atoms. The molecule has 0 unspecified atom stereocenters. The number of halogens is 1. The van der Waals surface area contributed by atoms with Crippen molar-refractivity contribution in [3.63, 3.8) is 0 Å². The van der Waals surface area contributed by atoms with Crippen LogP contribution in [0.4, 0.5) is 34.6 Å². The van der Waals surface area contributed by atoms with Gasteiger partial charge in [0.1, 0.15) is 21.2 Å². The summed E-state index contributed by atoms with van der Waals surface area (Å²) in [5.74, 6) is -3.91. The number of hydrogen-bond donors (Lipinski definition) is 8. The van der Waals surface area contributed by atoms with Crippen LogP contribution in [0.5, 0.6) is 5.75 Å². The molecule has 0 fully saturated rings. The number of carboxylic acid groups (broad SMARTS) is 1. The minimum atomic E-state index is -5.37. The number of rotatable bonds is 11. The summed E-state index contributed by atoms with van der Waals surface area (Å²) in [4.78, 5) is 19.9. The Kier molecular flexibility index (Phi) is 12.2. The van der Waals surface area contributed by atoms with E-state index in [0.717, 1.165) is 18.2 Å². The fraction of sp³-hybridized carbons (Fsp3) is 0. The summed E-state index contributed by atoms with van der Waals surface area (Å²) in [7, 11) is -20.3. The maximum absolute atomic E-state index is 12.6.